The molecule has 0 aromatic carbocycles. The molecule has 1 heterocycles. The van der Waals surface area contributed by atoms with Crippen molar-refractivity contribution in [3.05, 3.63) is 0 Å². The summed E-state index contributed by atoms with van der Waals surface area (Å²) >= 11 is 1.94. The summed E-state index contributed by atoms with van der Waals surface area (Å²) in [6, 6.07) is 0.358. The van der Waals surface area contributed by atoms with Crippen molar-refractivity contribution in [2.24, 2.45) is 0 Å². The number of nitrogens with one attached hydrogen (secondary N) is 2. The monoisotopic (exact) mass is 294 g/mol. The molecule has 3 nitrogen and oxygen atoms in total. The van der Waals surface area contributed by atoms with E-state index in [4.69, 9.17) is 0 Å². The third-order valence-corrected chi connectivity index (χ3v) is 5.00. The highest BCUT2D eigenvalue weighted by Crippen LogP contribution is 2.20. The molecule has 5 heteroatoms. The van der Waals surface area contributed by atoms with Crippen molar-refractivity contribution >= 4 is 30.1 Å². The van der Waals surface area contributed by atoms with Crippen LogP contribution in [0.4, 0.5) is 0 Å². The second-order valence-corrected chi connectivity index (χ2v) is 5.97. The van der Waals surface area contributed by atoms with Gasteiger partial charge in [-0.3, -0.25) is 4.79 Å². The van der Waals surface area contributed by atoms with Gasteiger partial charge in [0.2, 0.25) is 5.91 Å². The van der Waals surface area contributed by atoms with E-state index in [1.165, 1.54) is 5.75 Å². The van der Waals surface area contributed by atoms with E-state index in [2.05, 4.69) is 31.4 Å². The number of halogens is 1. The van der Waals surface area contributed by atoms with Gasteiger partial charge in [0.05, 0.1) is 0 Å². The van der Waals surface area contributed by atoms with Crippen molar-refractivity contribution in [1.82, 2.24) is 10.6 Å². The average molecular weight is 295 g/mol. The van der Waals surface area contributed by atoms with Crippen molar-refractivity contribution in [3.8, 4) is 0 Å². The van der Waals surface area contributed by atoms with Gasteiger partial charge in [-0.25, -0.2) is 0 Å². The van der Waals surface area contributed by atoms with Gasteiger partial charge in [-0.15, -0.1) is 12.4 Å². The molecular formula is C13H27ClN2OS. The minimum absolute atomic E-state index is 0. The highest BCUT2D eigenvalue weighted by Gasteiger charge is 2.27. The Morgan fingerprint density at radius 3 is 2.39 bits per heavy atom. The summed E-state index contributed by atoms with van der Waals surface area (Å²) in [6.45, 7) is 7.50. The summed E-state index contributed by atoms with van der Waals surface area (Å²) in [5.41, 5.74) is 0.0128. The molecule has 2 N–H and O–H groups in total. The second-order valence-electron chi connectivity index (χ2n) is 4.82. The van der Waals surface area contributed by atoms with Crippen LogP contribution < -0.4 is 10.6 Å². The summed E-state index contributed by atoms with van der Waals surface area (Å²) < 4.78 is 0. The Morgan fingerprint density at radius 1 is 1.33 bits per heavy atom. The van der Waals surface area contributed by atoms with Crippen LogP contribution in [-0.2, 0) is 4.79 Å². The summed E-state index contributed by atoms with van der Waals surface area (Å²) in [5.74, 6) is 2.43. The topological polar surface area (TPSA) is 41.1 Å². The van der Waals surface area contributed by atoms with Gasteiger partial charge in [0.25, 0.3) is 0 Å². The highest BCUT2D eigenvalue weighted by atomic mass is 35.5. The molecule has 0 aromatic heterocycles. The van der Waals surface area contributed by atoms with E-state index in [9.17, 15) is 4.79 Å². The van der Waals surface area contributed by atoms with Crippen LogP contribution in [-0.4, -0.2) is 35.5 Å². The van der Waals surface area contributed by atoms with Gasteiger partial charge in [0.1, 0.15) is 0 Å². The van der Waals surface area contributed by atoms with Gasteiger partial charge in [0, 0.05) is 36.1 Å². The number of hydrogen-bond donors (Lipinski definition) is 2. The Balaban J connectivity index is 0.00000289. The zero-order chi connectivity index (χ0) is 12.7. The van der Waals surface area contributed by atoms with Crippen molar-refractivity contribution in [2.45, 2.75) is 58.0 Å². The molecule has 1 aliphatic heterocycles. The standard InChI is InChI=1S/C13H26N2OS.ClH/c1-4-13(5-2,6-3)15-12(16)9-11-10-17-8-7-14-11;/h11,14H,4-10H2,1-3H3,(H,15,16);1H. The Bertz CT molecular complexity index is 233. The quantitative estimate of drug-likeness (QED) is 0.791. The molecule has 1 aliphatic rings. The van der Waals surface area contributed by atoms with E-state index in [0.717, 1.165) is 31.6 Å². The van der Waals surface area contributed by atoms with Crippen LogP contribution in [0, 0.1) is 0 Å². The molecule has 0 saturated carbocycles. The molecule has 1 rings (SSSR count). The molecule has 0 aliphatic carbocycles. The minimum atomic E-state index is 0. The van der Waals surface area contributed by atoms with Crippen molar-refractivity contribution in [1.29, 1.82) is 0 Å². The maximum atomic E-state index is 12.0. The molecule has 1 fully saturated rings. The zero-order valence-electron chi connectivity index (χ0n) is 11.8. The lowest BCUT2D eigenvalue weighted by Gasteiger charge is -2.33. The van der Waals surface area contributed by atoms with Crippen LogP contribution in [0.1, 0.15) is 46.5 Å². The number of carbonyl (C=O) groups excluding carboxylic acids is 1. The molecular weight excluding hydrogens is 268 g/mol. The summed E-state index contributed by atoms with van der Waals surface area (Å²) in [4.78, 5) is 12.0. The maximum Gasteiger partial charge on any atom is 0.222 e. The van der Waals surface area contributed by atoms with Crippen LogP contribution in [0.3, 0.4) is 0 Å². The number of rotatable bonds is 6. The van der Waals surface area contributed by atoms with E-state index < -0.39 is 0 Å². The van der Waals surface area contributed by atoms with Gasteiger partial charge in [-0.2, -0.15) is 11.8 Å². The highest BCUT2D eigenvalue weighted by molar-refractivity contribution is 7.99. The Morgan fingerprint density at radius 2 is 1.94 bits per heavy atom. The number of carbonyl (C=O) groups is 1. The second kappa shape index (κ2) is 9.05. The summed E-state index contributed by atoms with van der Waals surface area (Å²) in [5, 5.41) is 6.65. The molecule has 0 radical (unpaired) electrons. The molecule has 1 saturated heterocycles. The molecule has 0 aromatic rings. The van der Waals surface area contributed by atoms with E-state index in [-0.39, 0.29) is 23.9 Å². The molecule has 1 atom stereocenters. The van der Waals surface area contributed by atoms with Crippen molar-refractivity contribution in [3.63, 3.8) is 0 Å². The van der Waals surface area contributed by atoms with Crippen LogP contribution in [0.15, 0.2) is 0 Å². The predicted molar refractivity (Wildman–Crippen MR) is 82.7 cm³/mol. The van der Waals surface area contributed by atoms with Gasteiger partial charge in [0.15, 0.2) is 0 Å². The first-order chi connectivity index (χ1) is 8.15. The van der Waals surface area contributed by atoms with Gasteiger partial charge >= 0.3 is 0 Å². The van der Waals surface area contributed by atoms with E-state index >= 15 is 0 Å². The smallest absolute Gasteiger partial charge is 0.222 e. The Hall–Kier alpha value is 0.0700. The summed E-state index contributed by atoms with van der Waals surface area (Å²) in [6.07, 6.45) is 3.66. The molecule has 1 amide bonds. The lowest BCUT2D eigenvalue weighted by molar-refractivity contribution is -0.123. The lowest BCUT2D eigenvalue weighted by atomic mass is 9.89. The Labute approximate surface area is 122 Å². The third kappa shape index (κ3) is 5.37. The van der Waals surface area contributed by atoms with Crippen LogP contribution >= 0.6 is 24.2 Å². The van der Waals surface area contributed by atoms with Crippen molar-refractivity contribution in [2.75, 3.05) is 18.1 Å². The molecule has 0 spiro atoms. The van der Waals surface area contributed by atoms with Gasteiger partial charge in [-0.1, -0.05) is 20.8 Å². The van der Waals surface area contributed by atoms with E-state index in [0.29, 0.717) is 12.5 Å². The molecule has 18 heavy (non-hydrogen) atoms. The fourth-order valence-electron chi connectivity index (χ4n) is 2.34. The summed E-state index contributed by atoms with van der Waals surface area (Å²) in [7, 11) is 0. The molecule has 108 valence electrons. The van der Waals surface area contributed by atoms with Crippen LogP contribution in [0.2, 0.25) is 0 Å². The van der Waals surface area contributed by atoms with E-state index in [1.54, 1.807) is 0 Å². The van der Waals surface area contributed by atoms with Crippen LogP contribution in [0.5, 0.6) is 0 Å². The number of hydrogen-bond acceptors (Lipinski definition) is 3. The lowest BCUT2D eigenvalue weighted by Crippen LogP contribution is -2.49. The largest absolute Gasteiger partial charge is 0.351 e. The third-order valence-electron chi connectivity index (χ3n) is 3.87. The normalized spacial score (nSPS) is 20.1. The number of amides is 1. The zero-order valence-corrected chi connectivity index (χ0v) is 13.4. The first-order valence-corrected chi connectivity index (χ1v) is 7.93. The first-order valence-electron chi connectivity index (χ1n) is 6.78. The van der Waals surface area contributed by atoms with E-state index in [1.807, 2.05) is 11.8 Å². The minimum Gasteiger partial charge on any atom is -0.351 e. The Kier molecular flexibility index (Phi) is 9.09. The average Bonchev–Trinajstić information content (AvgIpc) is 2.37. The number of thioether (sulfide) groups is 1. The molecule has 1 unspecified atom stereocenters. The van der Waals surface area contributed by atoms with Crippen molar-refractivity contribution < 1.29 is 4.79 Å². The predicted octanol–water partition coefficient (Wildman–Crippen LogP) is 2.59. The maximum absolute atomic E-state index is 12.0. The first kappa shape index (κ1) is 18.1. The van der Waals surface area contributed by atoms with Gasteiger partial charge in [-0.05, 0) is 19.3 Å². The van der Waals surface area contributed by atoms with Crippen LogP contribution in [0.25, 0.3) is 0 Å². The SMILES string of the molecule is CCC(CC)(CC)NC(=O)CC1CSCCN1.Cl. The van der Waals surface area contributed by atoms with Gasteiger partial charge < -0.3 is 10.6 Å². The fourth-order valence-corrected chi connectivity index (χ4v) is 3.29. The fraction of sp³-hybridized carbons (Fsp3) is 0.923. The molecule has 0 bridgehead atoms.